The number of imide groups is 1. The Kier molecular flexibility index (Phi) is 7.44. The number of esters is 1. The number of rotatable bonds is 6. The molecule has 0 heterocycles. The van der Waals surface area contributed by atoms with Gasteiger partial charge < -0.3 is 10.1 Å². The van der Waals surface area contributed by atoms with Crippen LogP contribution in [0.5, 0.6) is 0 Å². The van der Waals surface area contributed by atoms with Crippen LogP contribution in [0.15, 0.2) is 30.3 Å². The molecule has 0 aliphatic heterocycles. The van der Waals surface area contributed by atoms with Gasteiger partial charge in [-0.05, 0) is 12.3 Å². The van der Waals surface area contributed by atoms with Crippen LogP contribution >= 0.6 is 0 Å². The Balaban J connectivity index is 1.96. The van der Waals surface area contributed by atoms with Crippen molar-refractivity contribution in [2.24, 2.45) is 5.92 Å². The summed E-state index contributed by atoms with van der Waals surface area (Å²) in [6, 6.07) is 8.08. The number of benzene rings is 1. The molecule has 0 radical (unpaired) electrons. The van der Waals surface area contributed by atoms with Crippen molar-refractivity contribution in [3.05, 3.63) is 35.9 Å². The molecule has 1 aromatic carbocycles. The molecule has 6 nitrogen and oxygen atoms in total. The number of hydrogen-bond donors (Lipinski definition) is 2. The molecule has 0 bridgehead atoms. The molecule has 1 fully saturated rings. The first-order valence-electron chi connectivity index (χ1n) is 8.87. The lowest BCUT2D eigenvalue weighted by Crippen LogP contribution is -2.41. The third kappa shape index (κ3) is 6.21. The fourth-order valence-corrected chi connectivity index (χ4v) is 3.13. The van der Waals surface area contributed by atoms with Gasteiger partial charge in [-0.2, -0.15) is 0 Å². The molecule has 136 valence electrons. The molecule has 6 heteroatoms. The lowest BCUT2D eigenvalue weighted by atomic mass is 9.86. The van der Waals surface area contributed by atoms with Gasteiger partial charge in [0, 0.05) is 19.0 Å². The number of ether oxygens (including phenoxy) is 1. The molecule has 1 atom stereocenters. The average Bonchev–Trinajstić information content (AvgIpc) is 2.65. The highest BCUT2D eigenvalue weighted by Crippen LogP contribution is 2.28. The molecule has 0 aromatic heterocycles. The summed E-state index contributed by atoms with van der Waals surface area (Å²) in [5.41, 5.74) is 0.537. The van der Waals surface area contributed by atoms with E-state index in [1.807, 2.05) is 6.07 Å². The lowest BCUT2D eigenvalue weighted by Gasteiger charge is -2.22. The Morgan fingerprint density at radius 3 is 2.44 bits per heavy atom. The second-order valence-electron chi connectivity index (χ2n) is 6.39. The van der Waals surface area contributed by atoms with Crippen molar-refractivity contribution in [1.82, 2.24) is 10.6 Å². The van der Waals surface area contributed by atoms with Gasteiger partial charge in [0.2, 0.25) is 6.10 Å². The molecule has 2 N–H and O–H groups in total. The van der Waals surface area contributed by atoms with Crippen molar-refractivity contribution in [2.75, 3.05) is 7.05 Å². The summed E-state index contributed by atoms with van der Waals surface area (Å²) >= 11 is 0. The minimum atomic E-state index is -1.13. The first-order valence-corrected chi connectivity index (χ1v) is 8.87. The summed E-state index contributed by atoms with van der Waals surface area (Å²) in [4.78, 5) is 35.9. The highest BCUT2D eigenvalue weighted by atomic mass is 16.5. The molecule has 2 rings (SSSR count). The van der Waals surface area contributed by atoms with Crippen LogP contribution in [0.25, 0.3) is 0 Å². The van der Waals surface area contributed by atoms with E-state index >= 15 is 0 Å². The first-order chi connectivity index (χ1) is 12.1. The summed E-state index contributed by atoms with van der Waals surface area (Å²) in [6.45, 7) is 0. The number of carbonyl (C=O) groups excluding carboxylic acids is 3. The third-order valence-corrected chi connectivity index (χ3v) is 4.53. The van der Waals surface area contributed by atoms with Gasteiger partial charge in [0.25, 0.3) is 5.91 Å². The average molecular weight is 346 g/mol. The van der Waals surface area contributed by atoms with E-state index < -0.39 is 24.0 Å². The highest BCUT2D eigenvalue weighted by molar-refractivity contribution is 5.97. The number of amides is 3. The molecule has 25 heavy (non-hydrogen) atoms. The van der Waals surface area contributed by atoms with Crippen molar-refractivity contribution < 1.29 is 19.1 Å². The molecule has 0 saturated heterocycles. The lowest BCUT2D eigenvalue weighted by molar-refractivity contribution is -0.156. The van der Waals surface area contributed by atoms with Gasteiger partial charge in [-0.25, -0.2) is 4.79 Å². The van der Waals surface area contributed by atoms with Crippen LogP contribution in [0.2, 0.25) is 0 Å². The maximum atomic E-state index is 12.3. The Labute approximate surface area is 148 Å². The van der Waals surface area contributed by atoms with Crippen molar-refractivity contribution in [3.8, 4) is 0 Å². The smallest absolute Gasteiger partial charge is 0.321 e. The van der Waals surface area contributed by atoms with Crippen molar-refractivity contribution in [3.63, 3.8) is 0 Å². The molecule has 1 saturated carbocycles. The number of carbonyl (C=O) groups is 3. The predicted octanol–water partition coefficient (Wildman–Crippen LogP) is 3.09. The van der Waals surface area contributed by atoms with Gasteiger partial charge in [0.05, 0.1) is 0 Å². The van der Waals surface area contributed by atoms with Gasteiger partial charge in [-0.1, -0.05) is 62.4 Å². The van der Waals surface area contributed by atoms with Crippen LogP contribution < -0.4 is 10.6 Å². The molecule has 0 spiro atoms. The molecule has 0 unspecified atom stereocenters. The topological polar surface area (TPSA) is 84.5 Å². The molecule has 1 aliphatic carbocycles. The van der Waals surface area contributed by atoms with Crippen molar-refractivity contribution in [1.29, 1.82) is 0 Å². The Hall–Kier alpha value is -2.37. The second-order valence-corrected chi connectivity index (χ2v) is 6.39. The van der Waals surface area contributed by atoms with Gasteiger partial charge in [-0.15, -0.1) is 0 Å². The van der Waals surface area contributed by atoms with E-state index in [4.69, 9.17) is 4.74 Å². The summed E-state index contributed by atoms with van der Waals surface area (Å²) in [5, 5.41) is 4.49. The summed E-state index contributed by atoms with van der Waals surface area (Å²) < 4.78 is 5.40. The van der Waals surface area contributed by atoms with E-state index in [0.717, 1.165) is 19.3 Å². The first kappa shape index (κ1) is 19.0. The Bertz CT molecular complexity index is 582. The summed E-state index contributed by atoms with van der Waals surface area (Å²) in [7, 11) is 1.41. The predicted molar refractivity (Wildman–Crippen MR) is 93.7 cm³/mol. The minimum Gasteiger partial charge on any atom is -0.447 e. The van der Waals surface area contributed by atoms with Gasteiger partial charge in [0.1, 0.15) is 0 Å². The number of hydrogen-bond acceptors (Lipinski definition) is 4. The van der Waals surface area contributed by atoms with E-state index in [9.17, 15) is 14.4 Å². The van der Waals surface area contributed by atoms with Crippen molar-refractivity contribution >= 4 is 17.9 Å². The number of nitrogens with one attached hydrogen (secondary N) is 2. The Morgan fingerprint density at radius 1 is 1.12 bits per heavy atom. The fourth-order valence-electron chi connectivity index (χ4n) is 3.13. The van der Waals surface area contributed by atoms with E-state index in [1.165, 1.54) is 26.3 Å². The fraction of sp³-hybridized carbons (Fsp3) is 0.526. The molecule has 1 aliphatic rings. The molecule has 1 aromatic rings. The van der Waals surface area contributed by atoms with Crippen LogP contribution in [0, 0.1) is 5.92 Å². The van der Waals surface area contributed by atoms with Crippen LogP contribution in [0.4, 0.5) is 4.79 Å². The van der Waals surface area contributed by atoms with Crippen LogP contribution in [-0.2, 0) is 14.3 Å². The van der Waals surface area contributed by atoms with Crippen molar-refractivity contribution in [2.45, 2.75) is 51.0 Å². The Morgan fingerprint density at radius 2 is 1.80 bits per heavy atom. The second kappa shape index (κ2) is 9.81. The van der Waals surface area contributed by atoms with E-state index in [0.29, 0.717) is 17.9 Å². The maximum Gasteiger partial charge on any atom is 0.321 e. The standard InChI is InChI=1S/C19H26N2O4/c1-20-19(24)21-18(23)17(15-10-6-3-7-11-15)25-16(22)13-12-14-8-4-2-5-9-14/h3,6-7,10-11,14,17H,2,4-5,8-9,12-13H2,1H3,(H2,20,21,23,24)/t17-/m1/s1. The summed E-state index contributed by atoms with van der Waals surface area (Å²) in [6.07, 6.45) is 5.99. The third-order valence-electron chi connectivity index (χ3n) is 4.53. The monoisotopic (exact) mass is 346 g/mol. The van der Waals surface area contributed by atoms with Crippen LogP contribution in [-0.4, -0.2) is 25.0 Å². The van der Waals surface area contributed by atoms with Gasteiger partial charge >= 0.3 is 12.0 Å². The zero-order valence-electron chi connectivity index (χ0n) is 14.6. The van der Waals surface area contributed by atoms with Gasteiger partial charge in [0.15, 0.2) is 0 Å². The zero-order valence-corrected chi connectivity index (χ0v) is 14.6. The number of urea groups is 1. The molecular weight excluding hydrogens is 320 g/mol. The van der Waals surface area contributed by atoms with Crippen LogP contribution in [0.3, 0.4) is 0 Å². The van der Waals surface area contributed by atoms with E-state index in [2.05, 4.69) is 10.6 Å². The molecule has 3 amide bonds. The summed E-state index contributed by atoms with van der Waals surface area (Å²) in [5.74, 6) is -0.501. The minimum absolute atomic E-state index is 0.293. The van der Waals surface area contributed by atoms with E-state index in [-0.39, 0.29) is 0 Å². The molecular formula is C19H26N2O4. The van der Waals surface area contributed by atoms with Gasteiger partial charge in [-0.3, -0.25) is 14.9 Å². The normalized spacial score (nSPS) is 15.9. The highest BCUT2D eigenvalue weighted by Gasteiger charge is 2.26. The maximum absolute atomic E-state index is 12.3. The van der Waals surface area contributed by atoms with Crippen LogP contribution in [0.1, 0.15) is 56.6 Å². The van der Waals surface area contributed by atoms with E-state index in [1.54, 1.807) is 24.3 Å². The SMILES string of the molecule is CNC(=O)NC(=O)[C@H](OC(=O)CCC1CCCCC1)c1ccccc1. The largest absolute Gasteiger partial charge is 0.447 e. The zero-order chi connectivity index (χ0) is 18.1. The quantitative estimate of drug-likeness (QED) is 0.775.